The molecule has 1 aromatic carbocycles. The molecule has 0 atom stereocenters. The van der Waals surface area contributed by atoms with Crippen molar-refractivity contribution in [3.05, 3.63) is 42.6 Å². The Morgan fingerprint density at radius 1 is 1.38 bits per heavy atom. The van der Waals surface area contributed by atoms with Crippen LogP contribution in [0.15, 0.2) is 41.8 Å². The molecule has 0 unspecified atom stereocenters. The van der Waals surface area contributed by atoms with Gasteiger partial charge < -0.3 is 4.98 Å². The number of hydrogen-bond donors (Lipinski definition) is 2. The van der Waals surface area contributed by atoms with Crippen molar-refractivity contribution in [3.8, 4) is 0 Å². The van der Waals surface area contributed by atoms with Gasteiger partial charge in [0.25, 0.3) is 0 Å². The molecule has 1 heterocycles. The van der Waals surface area contributed by atoms with Gasteiger partial charge in [0.15, 0.2) is 0 Å². The first-order valence-corrected chi connectivity index (χ1v) is 4.67. The summed E-state index contributed by atoms with van der Waals surface area (Å²) in [5, 5.41) is 1.18. The number of fused-ring (bicyclic) bond motifs is 1. The molecule has 0 radical (unpaired) electrons. The highest BCUT2D eigenvalue weighted by Crippen LogP contribution is 2.25. The van der Waals surface area contributed by atoms with Crippen LogP contribution >= 0.6 is 12.6 Å². The number of thiol groups is 1. The van der Waals surface area contributed by atoms with Crippen LogP contribution in [-0.2, 0) is 6.42 Å². The number of allylic oxidation sites excluding steroid dienone is 1. The molecule has 13 heavy (non-hydrogen) atoms. The number of aromatic amines is 1. The summed E-state index contributed by atoms with van der Waals surface area (Å²) in [7, 11) is 0. The third-order valence-electron chi connectivity index (χ3n) is 2.10. The summed E-state index contributed by atoms with van der Waals surface area (Å²) in [4.78, 5) is 4.35. The zero-order chi connectivity index (χ0) is 9.26. The molecular formula is C11H11NS. The summed E-state index contributed by atoms with van der Waals surface area (Å²) in [5.41, 5.74) is 2.28. The topological polar surface area (TPSA) is 15.8 Å². The number of hydrogen-bond acceptors (Lipinski definition) is 1. The number of H-pyrrole nitrogens is 1. The summed E-state index contributed by atoms with van der Waals surface area (Å²) in [6.07, 6.45) is 2.72. The van der Waals surface area contributed by atoms with Gasteiger partial charge in [-0.3, -0.25) is 0 Å². The lowest BCUT2D eigenvalue weighted by Gasteiger charge is -1.91. The fraction of sp³-hybridized carbons (Fsp3) is 0.0909. The van der Waals surface area contributed by atoms with Crippen LogP contribution in [0, 0.1) is 0 Å². The van der Waals surface area contributed by atoms with Gasteiger partial charge in [0.2, 0.25) is 0 Å². The fourth-order valence-electron chi connectivity index (χ4n) is 1.47. The third-order valence-corrected chi connectivity index (χ3v) is 2.61. The van der Waals surface area contributed by atoms with Crippen LogP contribution in [-0.4, -0.2) is 4.98 Å². The Balaban J connectivity index is 2.66. The Morgan fingerprint density at radius 3 is 2.85 bits per heavy atom. The summed E-state index contributed by atoms with van der Waals surface area (Å²) in [6, 6.07) is 8.17. The molecule has 1 nitrogen and oxygen atoms in total. The van der Waals surface area contributed by atoms with Crippen LogP contribution in [0.5, 0.6) is 0 Å². The van der Waals surface area contributed by atoms with Gasteiger partial charge in [-0.1, -0.05) is 24.3 Å². The minimum absolute atomic E-state index is 0.841. The van der Waals surface area contributed by atoms with E-state index in [0.29, 0.717) is 0 Å². The minimum Gasteiger partial charge on any atom is -0.357 e. The first kappa shape index (κ1) is 8.45. The monoisotopic (exact) mass is 189 g/mol. The van der Waals surface area contributed by atoms with E-state index in [-0.39, 0.29) is 0 Å². The number of para-hydroxylation sites is 1. The van der Waals surface area contributed by atoms with Crippen LogP contribution in [0.3, 0.4) is 0 Å². The largest absolute Gasteiger partial charge is 0.357 e. The Bertz CT molecular complexity index is 442. The first-order chi connectivity index (χ1) is 6.33. The molecule has 2 rings (SSSR count). The molecule has 0 aliphatic heterocycles. The van der Waals surface area contributed by atoms with E-state index in [1.807, 2.05) is 18.2 Å². The number of aromatic nitrogens is 1. The summed E-state index contributed by atoms with van der Waals surface area (Å²) < 4.78 is 0. The van der Waals surface area contributed by atoms with E-state index >= 15 is 0 Å². The molecule has 2 aromatic rings. The maximum Gasteiger partial charge on any atom is 0.0467 e. The summed E-state index contributed by atoms with van der Waals surface area (Å²) in [6.45, 7) is 3.71. The summed E-state index contributed by atoms with van der Waals surface area (Å²) >= 11 is 4.47. The van der Waals surface area contributed by atoms with Crippen LogP contribution < -0.4 is 0 Å². The highest BCUT2D eigenvalue weighted by atomic mass is 32.1. The van der Waals surface area contributed by atoms with Crippen molar-refractivity contribution in [1.82, 2.24) is 4.98 Å². The van der Waals surface area contributed by atoms with Gasteiger partial charge in [-0.05, 0) is 6.07 Å². The molecule has 0 spiro atoms. The second-order valence-corrected chi connectivity index (χ2v) is 3.44. The molecular weight excluding hydrogens is 178 g/mol. The quantitative estimate of drug-likeness (QED) is 0.533. The highest BCUT2D eigenvalue weighted by Gasteiger charge is 2.04. The van der Waals surface area contributed by atoms with E-state index < -0.39 is 0 Å². The molecule has 0 fully saturated rings. The van der Waals surface area contributed by atoms with Crippen LogP contribution in [0.1, 0.15) is 5.69 Å². The van der Waals surface area contributed by atoms with Crippen molar-refractivity contribution in [2.45, 2.75) is 11.3 Å². The molecule has 0 amide bonds. The lowest BCUT2D eigenvalue weighted by molar-refractivity contribution is 1.12. The van der Waals surface area contributed by atoms with Gasteiger partial charge in [0.05, 0.1) is 0 Å². The first-order valence-electron chi connectivity index (χ1n) is 4.22. The van der Waals surface area contributed by atoms with Gasteiger partial charge >= 0.3 is 0 Å². The molecule has 0 saturated carbocycles. The van der Waals surface area contributed by atoms with Gasteiger partial charge in [-0.15, -0.1) is 19.2 Å². The Morgan fingerprint density at radius 2 is 2.15 bits per heavy atom. The number of nitrogens with one attached hydrogen (secondary N) is 1. The summed E-state index contributed by atoms with van der Waals surface area (Å²) in [5.74, 6) is 0. The van der Waals surface area contributed by atoms with Crippen molar-refractivity contribution in [3.63, 3.8) is 0 Å². The van der Waals surface area contributed by atoms with Gasteiger partial charge in [0.1, 0.15) is 0 Å². The van der Waals surface area contributed by atoms with Gasteiger partial charge in [-0.2, -0.15) is 0 Å². The second kappa shape index (κ2) is 3.30. The minimum atomic E-state index is 0.841. The van der Waals surface area contributed by atoms with E-state index in [2.05, 4.69) is 36.3 Å². The molecule has 1 aromatic heterocycles. The normalized spacial score (nSPS) is 10.5. The van der Waals surface area contributed by atoms with E-state index in [0.717, 1.165) is 22.5 Å². The van der Waals surface area contributed by atoms with Crippen LogP contribution in [0.2, 0.25) is 0 Å². The van der Waals surface area contributed by atoms with E-state index in [1.165, 1.54) is 5.39 Å². The lowest BCUT2D eigenvalue weighted by atomic mass is 10.2. The molecule has 0 aliphatic rings. The van der Waals surface area contributed by atoms with Crippen molar-refractivity contribution in [2.75, 3.05) is 0 Å². The molecule has 66 valence electrons. The maximum atomic E-state index is 4.47. The van der Waals surface area contributed by atoms with Crippen molar-refractivity contribution in [1.29, 1.82) is 0 Å². The van der Waals surface area contributed by atoms with Gasteiger partial charge in [0, 0.05) is 27.9 Å². The predicted octanol–water partition coefficient (Wildman–Crippen LogP) is 3.19. The molecule has 1 N–H and O–H groups in total. The van der Waals surface area contributed by atoms with E-state index in [9.17, 15) is 0 Å². The molecule has 0 bridgehead atoms. The lowest BCUT2D eigenvalue weighted by Crippen LogP contribution is -1.79. The van der Waals surface area contributed by atoms with Crippen molar-refractivity contribution in [2.24, 2.45) is 0 Å². The van der Waals surface area contributed by atoms with E-state index in [1.54, 1.807) is 0 Å². The Hall–Kier alpha value is -1.15. The molecule has 0 aliphatic carbocycles. The third kappa shape index (κ3) is 1.38. The van der Waals surface area contributed by atoms with Gasteiger partial charge in [-0.25, -0.2) is 0 Å². The fourth-order valence-corrected chi connectivity index (χ4v) is 1.82. The Labute approximate surface area is 82.9 Å². The SMILES string of the molecule is C=CCc1[nH]c2ccccc2c1S. The van der Waals surface area contributed by atoms with Crippen molar-refractivity contribution < 1.29 is 0 Å². The average Bonchev–Trinajstić information content (AvgIpc) is 2.46. The maximum absolute atomic E-state index is 4.47. The van der Waals surface area contributed by atoms with Crippen LogP contribution in [0.4, 0.5) is 0 Å². The zero-order valence-corrected chi connectivity index (χ0v) is 8.14. The smallest absolute Gasteiger partial charge is 0.0467 e. The highest BCUT2D eigenvalue weighted by molar-refractivity contribution is 7.80. The van der Waals surface area contributed by atoms with E-state index in [4.69, 9.17) is 0 Å². The Kier molecular flexibility index (Phi) is 2.15. The number of rotatable bonds is 2. The zero-order valence-electron chi connectivity index (χ0n) is 7.25. The second-order valence-electron chi connectivity index (χ2n) is 2.99. The van der Waals surface area contributed by atoms with Crippen LogP contribution in [0.25, 0.3) is 10.9 Å². The predicted molar refractivity (Wildman–Crippen MR) is 59.5 cm³/mol. The standard InChI is InChI=1S/C11H11NS/c1-2-5-10-11(13)8-6-3-4-7-9(8)12-10/h2-4,6-7,12-13H,1,5H2. The molecule has 2 heteroatoms. The average molecular weight is 189 g/mol. The van der Waals surface area contributed by atoms with Crippen molar-refractivity contribution >= 4 is 23.5 Å². The number of benzene rings is 1. The molecule has 0 saturated heterocycles.